The molecule has 140 valence electrons. The van der Waals surface area contributed by atoms with E-state index in [0.29, 0.717) is 23.0 Å². The summed E-state index contributed by atoms with van der Waals surface area (Å²) in [5.74, 6) is 2.07. The van der Waals surface area contributed by atoms with Crippen molar-refractivity contribution in [3.8, 4) is 0 Å². The molecule has 27 heavy (non-hydrogen) atoms. The molecular formula is C19H21ClN6O. The van der Waals surface area contributed by atoms with Crippen LogP contribution in [0.25, 0.3) is 11.2 Å². The lowest BCUT2D eigenvalue weighted by Crippen LogP contribution is -2.19. The first-order chi connectivity index (χ1) is 13.3. The van der Waals surface area contributed by atoms with Crippen LogP contribution >= 0.6 is 11.6 Å². The fourth-order valence-corrected chi connectivity index (χ4v) is 3.63. The van der Waals surface area contributed by atoms with Gasteiger partial charge in [0.2, 0.25) is 0 Å². The molecule has 3 heterocycles. The molecular weight excluding hydrogens is 364 g/mol. The zero-order valence-corrected chi connectivity index (χ0v) is 15.7. The third-order valence-corrected chi connectivity index (χ3v) is 5.49. The maximum absolute atomic E-state index is 6.32. The summed E-state index contributed by atoms with van der Waals surface area (Å²) in [4.78, 5) is 9.52. The lowest BCUT2D eigenvalue weighted by Gasteiger charge is -2.12. The average Bonchev–Trinajstić information content (AvgIpc) is 3.25. The van der Waals surface area contributed by atoms with Gasteiger partial charge in [-0.25, -0.2) is 14.6 Å². The van der Waals surface area contributed by atoms with E-state index in [4.69, 9.17) is 26.3 Å². The number of nitrogens with one attached hydrogen (secondary N) is 1. The summed E-state index contributed by atoms with van der Waals surface area (Å²) in [6.07, 6.45) is 4.71. The standard InChI is InChI=1S/C19H21ClN6O/c20-15-6-2-1-4-13(15)11-26-19-16(24-25-26)18(21-10-14-5-3-9-27-14)22-17(23-19)12-7-8-12/h1-2,4,6,12,14H,3,5,7-11H2,(H,21,22,23)/t14-/m1/s1. The zero-order valence-electron chi connectivity index (χ0n) is 14.9. The van der Waals surface area contributed by atoms with E-state index in [1.54, 1.807) is 4.68 Å². The Morgan fingerprint density at radius 1 is 1.19 bits per heavy atom. The second-order valence-electron chi connectivity index (χ2n) is 7.23. The predicted octanol–water partition coefficient (Wildman–Crippen LogP) is 3.39. The fraction of sp³-hybridized carbons (Fsp3) is 0.474. The molecule has 1 aromatic carbocycles. The van der Waals surface area contributed by atoms with E-state index in [-0.39, 0.29) is 6.10 Å². The van der Waals surface area contributed by atoms with Crippen molar-refractivity contribution in [3.05, 3.63) is 40.7 Å². The molecule has 2 aromatic heterocycles. The summed E-state index contributed by atoms with van der Waals surface area (Å²) in [6.45, 7) is 2.10. The van der Waals surface area contributed by atoms with Gasteiger partial charge < -0.3 is 10.1 Å². The first-order valence-electron chi connectivity index (χ1n) is 9.48. The number of ether oxygens (including phenoxy) is 1. The van der Waals surface area contributed by atoms with Gasteiger partial charge in [-0.2, -0.15) is 0 Å². The van der Waals surface area contributed by atoms with Crippen LogP contribution < -0.4 is 5.32 Å². The van der Waals surface area contributed by atoms with Gasteiger partial charge in [0, 0.05) is 24.1 Å². The van der Waals surface area contributed by atoms with Gasteiger partial charge in [0.25, 0.3) is 0 Å². The second-order valence-corrected chi connectivity index (χ2v) is 7.64. The number of benzene rings is 1. The monoisotopic (exact) mass is 384 g/mol. The van der Waals surface area contributed by atoms with Gasteiger partial charge in [-0.15, -0.1) is 5.10 Å². The highest BCUT2D eigenvalue weighted by Crippen LogP contribution is 2.39. The Morgan fingerprint density at radius 3 is 2.85 bits per heavy atom. The van der Waals surface area contributed by atoms with E-state index < -0.39 is 0 Å². The smallest absolute Gasteiger partial charge is 0.184 e. The molecule has 1 atom stereocenters. The Bertz CT molecular complexity index is 964. The summed E-state index contributed by atoms with van der Waals surface area (Å²) in [6, 6.07) is 7.77. The van der Waals surface area contributed by atoms with E-state index in [9.17, 15) is 0 Å². The molecule has 1 saturated carbocycles. The first kappa shape index (κ1) is 16.9. The number of anilines is 1. The van der Waals surface area contributed by atoms with Gasteiger partial charge in [0.05, 0.1) is 12.6 Å². The van der Waals surface area contributed by atoms with Crippen LogP contribution in [0, 0.1) is 0 Å². The van der Waals surface area contributed by atoms with Gasteiger partial charge in [0.15, 0.2) is 17.0 Å². The van der Waals surface area contributed by atoms with Crippen molar-refractivity contribution in [2.24, 2.45) is 0 Å². The number of fused-ring (bicyclic) bond motifs is 1. The average molecular weight is 385 g/mol. The Hall–Kier alpha value is -2.25. The van der Waals surface area contributed by atoms with E-state index in [1.165, 1.54) is 0 Å². The van der Waals surface area contributed by atoms with Gasteiger partial charge >= 0.3 is 0 Å². The number of nitrogens with zero attached hydrogens (tertiary/aromatic N) is 5. The highest BCUT2D eigenvalue weighted by Gasteiger charge is 2.29. The number of hydrogen-bond donors (Lipinski definition) is 1. The lowest BCUT2D eigenvalue weighted by molar-refractivity contribution is 0.120. The molecule has 0 spiro atoms. The summed E-state index contributed by atoms with van der Waals surface area (Å²) in [5, 5.41) is 12.8. The molecule has 8 heteroatoms. The Morgan fingerprint density at radius 2 is 2.07 bits per heavy atom. The van der Waals surface area contributed by atoms with E-state index >= 15 is 0 Å². The topological polar surface area (TPSA) is 77.8 Å². The normalized spacial score (nSPS) is 19.7. The van der Waals surface area contributed by atoms with Crippen LogP contribution in [0.3, 0.4) is 0 Å². The molecule has 1 saturated heterocycles. The third-order valence-electron chi connectivity index (χ3n) is 5.12. The van der Waals surface area contributed by atoms with Gasteiger partial charge in [-0.3, -0.25) is 0 Å². The largest absolute Gasteiger partial charge is 0.376 e. The Balaban J connectivity index is 1.48. The van der Waals surface area contributed by atoms with E-state index in [1.807, 2.05) is 24.3 Å². The third kappa shape index (κ3) is 3.49. The quantitative estimate of drug-likeness (QED) is 0.701. The zero-order chi connectivity index (χ0) is 18.2. The highest BCUT2D eigenvalue weighted by atomic mass is 35.5. The van der Waals surface area contributed by atoms with Crippen LogP contribution in [0.5, 0.6) is 0 Å². The van der Waals surface area contributed by atoms with Crippen LogP contribution in [-0.4, -0.2) is 44.2 Å². The summed E-state index contributed by atoms with van der Waals surface area (Å²) in [5.41, 5.74) is 2.44. The van der Waals surface area contributed by atoms with E-state index in [2.05, 4.69) is 15.6 Å². The van der Waals surface area contributed by atoms with Crippen LogP contribution in [0.2, 0.25) is 5.02 Å². The molecule has 0 radical (unpaired) electrons. The maximum atomic E-state index is 6.32. The van der Waals surface area contributed by atoms with Crippen LogP contribution in [0.4, 0.5) is 5.82 Å². The minimum absolute atomic E-state index is 0.234. The molecule has 2 aliphatic rings. The molecule has 0 bridgehead atoms. The number of rotatable bonds is 6. The molecule has 3 aromatic rings. The summed E-state index contributed by atoms with van der Waals surface area (Å²) >= 11 is 6.32. The molecule has 2 fully saturated rings. The van der Waals surface area contributed by atoms with Crippen molar-refractivity contribution < 1.29 is 4.74 Å². The Labute approximate surface area is 162 Å². The second kappa shape index (κ2) is 7.05. The van der Waals surface area contributed by atoms with Gasteiger partial charge in [0.1, 0.15) is 5.82 Å². The minimum Gasteiger partial charge on any atom is -0.376 e. The van der Waals surface area contributed by atoms with Crippen molar-refractivity contribution in [2.75, 3.05) is 18.5 Å². The number of aromatic nitrogens is 5. The number of halogens is 1. The number of hydrogen-bond acceptors (Lipinski definition) is 6. The van der Waals surface area contributed by atoms with Crippen molar-refractivity contribution in [2.45, 2.75) is 44.2 Å². The lowest BCUT2D eigenvalue weighted by atomic mass is 10.2. The molecule has 1 N–H and O–H groups in total. The molecule has 1 aliphatic heterocycles. The molecule has 5 rings (SSSR count). The highest BCUT2D eigenvalue weighted by molar-refractivity contribution is 6.31. The van der Waals surface area contributed by atoms with Crippen LogP contribution in [-0.2, 0) is 11.3 Å². The molecule has 0 unspecified atom stereocenters. The van der Waals surface area contributed by atoms with E-state index in [0.717, 1.165) is 61.7 Å². The van der Waals surface area contributed by atoms with Crippen molar-refractivity contribution >= 4 is 28.6 Å². The van der Waals surface area contributed by atoms with Crippen LogP contribution in [0.15, 0.2) is 24.3 Å². The summed E-state index contributed by atoms with van der Waals surface area (Å²) < 4.78 is 7.52. The first-order valence-corrected chi connectivity index (χ1v) is 9.86. The Kier molecular flexibility index (Phi) is 4.41. The molecule has 0 amide bonds. The molecule has 1 aliphatic carbocycles. The molecule has 7 nitrogen and oxygen atoms in total. The van der Waals surface area contributed by atoms with Crippen molar-refractivity contribution in [3.63, 3.8) is 0 Å². The minimum atomic E-state index is 0.234. The SMILES string of the molecule is Clc1ccccc1Cn1nnc2c(NC[C@H]3CCCO3)nc(C3CC3)nc21. The van der Waals surface area contributed by atoms with Gasteiger partial charge in [-0.1, -0.05) is 35.0 Å². The van der Waals surface area contributed by atoms with Gasteiger partial charge in [-0.05, 0) is 37.3 Å². The maximum Gasteiger partial charge on any atom is 0.184 e. The fourth-order valence-electron chi connectivity index (χ4n) is 3.43. The predicted molar refractivity (Wildman–Crippen MR) is 103 cm³/mol. The summed E-state index contributed by atoms with van der Waals surface area (Å²) in [7, 11) is 0. The van der Waals surface area contributed by atoms with Crippen LogP contribution in [0.1, 0.15) is 43.0 Å². The van der Waals surface area contributed by atoms with Crippen molar-refractivity contribution in [1.29, 1.82) is 0 Å². The van der Waals surface area contributed by atoms with Crippen molar-refractivity contribution in [1.82, 2.24) is 25.0 Å².